The highest BCUT2D eigenvalue weighted by atomic mass is 16.5. The molecule has 0 amide bonds. The first-order valence-corrected chi connectivity index (χ1v) is 19.3. The molecular weight excluding hydrogens is 717 g/mol. The minimum atomic E-state index is -0.918. The average molecular weight is 760 g/mol. The molecule has 0 spiro atoms. The second-order valence-corrected chi connectivity index (χ2v) is 14.1. The van der Waals surface area contributed by atoms with Crippen LogP contribution in [0.1, 0.15) is 32.0 Å². The molecule has 0 unspecified atom stereocenters. The predicted molar refractivity (Wildman–Crippen MR) is 226 cm³/mol. The van der Waals surface area contributed by atoms with Crippen LogP contribution in [0.4, 0.5) is 11.4 Å². The predicted octanol–water partition coefficient (Wildman–Crippen LogP) is 8.81. The molecule has 1 aliphatic heterocycles. The third kappa shape index (κ3) is 6.73. The zero-order valence-corrected chi connectivity index (χ0v) is 31.7. The Labute approximate surface area is 329 Å². The second-order valence-electron chi connectivity index (χ2n) is 14.1. The number of fused-ring (bicyclic) bond motifs is 12. The van der Waals surface area contributed by atoms with Crippen molar-refractivity contribution < 1.29 is 33.9 Å². The van der Waals surface area contributed by atoms with Crippen LogP contribution in [-0.2, 0) is 32.2 Å². The molecule has 0 bridgehead atoms. The largest absolute Gasteiger partial charge is 0.481 e. The Hall–Kier alpha value is -6.94. The van der Waals surface area contributed by atoms with Gasteiger partial charge in [0.05, 0.1) is 30.8 Å². The highest BCUT2D eigenvalue weighted by Gasteiger charge is 2.34. The number of aromatic nitrogens is 2. The van der Waals surface area contributed by atoms with E-state index < -0.39 is 11.9 Å². The summed E-state index contributed by atoms with van der Waals surface area (Å²) in [5, 5.41) is 28.2. The van der Waals surface area contributed by atoms with Crippen molar-refractivity contribution in [3.8, 4) is 0 Å². The lowest BCUT2D eigenvalue weighted by molar-refractivity contribution is -0.672. The second kappa shape index (κ2) is 16.0. The van der Waals surface area contributed by atoms with Gasteiger partial charge >= 0.3 is 11.9 Å². The third-order valence-electron chi connectivity index (χ3n) is 10.7. The molecule has 286 valence electrons. The summed E-state index contributed by atoms with van der Waals surface area (Å²) in [6.45, 7) is 4.48. The number of nitrogens with zero attached hydrogens (tertiary/aromatic N) is 4. The van der Waals surface area contributed by atoms with E-state index in [1.807, 2.05) is 69.8 Å². The molecule has 2 heterocycles. The Kier molecular flexibility index (Phi) is 10.4. The highest BCUT2D eigenvalue weighted by Crippen LogP contribution is 2.51. The number of aliphatic carboxylic acids is 2. The molecule has 8 rings (SSSR count). The first-order valence-electron chi connectivity index (χ1n) is 19.3. The van der Waals surface area contributed by atoms with E-state index in [0.29, 0.717) is 18.8 Å². The zero-order chi connectivity index (χ0) is 39.5. The van der Waals surface area contributed by atoms with E-state index in [0.717, 1.165) is 78.9 Å². The van der Waals surface area contributed by atoms with Crippen LogP contribution in [0.25, 0.3) is 60.2 Å². The van der Waals surface area contributed by atoms with E-state index in [1.54, 1.807) is 0 Å². The van der Waals surface area contributed by atoms with Gasteiger partial charge in [-0.05, 0) is 46.2 Å². The molecule has 1 aromatic heterocycles. The number of rotatable bonds is 15. The van der Waals surface area contributed by atoms with Gasteiger partial charge < -0.3 is 24.7 Å². The van der Waals surface area contributed by atoms with Crippen molar-refractivity contribution in [3.63, 3.8) is 0 Å². The molecule has 0 fully saturated rings. The number of imidazole rings is 1. The molecule has 10 nitrogen and oxygen atoms in total. The Bertz CT molecular complexity index is 2700. The van der Waals surface area contributed by atoms with Crippen molar-refractivity contribution in [1.29, 1.82) is 0 Å². The van der Waals surface area contributed by atoms with Crippen molar-refractivity contribution >= 4 is 90.0 Å². The van der Waals surface area contributed by atoms with Crippen molar-refractivity contribution in [3.05, 3.63) is 133 Å². The van der Waals surface area contributed by atoms with Gasteiger partial charge in [0.25, 0.3) is 12.3 Å². The Morgan fingerprint density at radius 1 is 0.649 bits per heavy atom. The summed E-state index contributed by atoms with van der Waals surface area (Å²) < 4.78 is 9.28. The van der Waals surface area contributed by atoms with Crippen LogP contribution in [0, 0.1) is 0 Å². The summed E-state index contributed by atoms with van der Waals surface area (Å²) in [5.74, 6) is -0.174. The molecule has 0 saturated carbocycles. The van der Waals surface area contributed by atoms with Crippen LogP contribution in [0.2, 0.25) is 0 Å². The van der Waals surface area contributed by atoms with Crippen LogP contribution >= 0.6 is 0 Å². The van der Waals surface area contributed by atoms with Crippen molar-refractivity contribution in [2.24, 2.45) is 0 Å². The summed E-state index contributed by atoms with van der Waals surface area (Å²) >= 11 is 0. The highest BCUT2D eigenvalue weighted by molar-refractivity contribution is 6.23. The van der Waals surface area contributed by atoms with Gasteiger partial charge in [-0.1, -0.05) is 110 Å². The van der Waals surface area contributed by atoms with E-state index in [1.165, 1.54) is 5.39 Å². The fourth-order valence-electron chi connectivity index (χ4n) is 8.49. The summed E-state index contributed by atoms with van der Waals surface area (Å²) in [6, 6.07) is 33.1. The topological polar surface area (TPSA) is 116 Å². The van der Waals surface area contributed by atoms with Gasteiger partial charge in [0.2, 0.25) is 0 Å². The molecule has 0 aliphatic carbocycles. The van der Waals surface area contributed by atoms with Gasteiger partial charge in [0.15, 0.2) is 11.0 Å². The van der Waals surface area contributed by atoms with Crippen LogP contribution in [0.5, 0.6) is 0 Å². The molecule has 10 heteroatoms. The Morgan fingerprint density at radius 3 is 1.75 bits per heavy atom. The van der Waals surface area contributed by atoms with Crippen LogP contribution < -0.4 is 14.4 Å². The number of hydrogen-bond donors (Lipinski definition) is 2. The number of carbonyl (C=O) groups excluding carboxylic acids is 1. The molecule has 0 saturated heterocycles. The van der Waals surface area contributed by atoms with E-state index in [4.69, 9.17) is 4.74 Å². The minimum absolute atomic E-state index is 0.104. The van der Waals surface area contributed by atoms with E-state index >= 15 is 0 Å². The molecule has 6 aromatic carbocycles. The number of allylic oxidation sites excluding steroid dienone is 4. The summed E-state index contributed by atoms with van der Waals surface area (Å²) in [6.07, 6.45) is 10.5. The number of anilines is 2. The number of benzene rings is 6. The zero-order valence-electron chi connectivity index (χ0n) is 31.7. The summed E-state index contributed by atoms with van der Waals surface area (Å²) in [7, 11) is 0. The third-order valence-corrected chi connectivity index (χ3v) is 10.7. The molecule has 1 aliphatic rings. The number of ether oxygens (including phenoxy) is 1. The lowest BCUT2D eigenvalue weighted by atomic mass is 9.98. The first-order chi connectivity index (χ1) is 27.9. The van der Waals surface area contributed by atoms with Crippen molar-refractivity contribution in [2.45, 2.75) is 39.3 Å². The average Bonchev–Trinajstić information content (AvgIpc) is 3.71. The lowest BCUT2D eigenvalue weighted by Crippen LogP contribution is -2.38. The smallest absolute Gasteiger partial charge is 0.307 e. The van der Waals surface area contributed by atoms with Gasteiger partial charge in [-0.15, -0.1) is 0 Å². The van der Waals surface area contributed by atoms with Gasteiger partial charge in [-0.2, -0.15) is 0 Å². The lowest BCUT2D eigenvalue weighted by Gasteiger charge is -2.25. The van der Waals surface area contributed by atoms with Crippen molar-refractivity contribution in [1.82, 2.24) is 4.57 Å². The monoisotopic (exact) mass is 759 g/mol. The maximum absolute atomic E-state index is 12.0. The number of carboxylic acids is 2. The molecule has 2 N–H and O–H groups in total. The number of hydrogen-bond acceptors (Lipinski definition) is 6. The summed E-state index contributed by atoms with van der Waals surface area (Å²) in [4.78, 5) is 39.8. The number of carboxylic acid groups (broad SMARTS) is 2. The molecule has 7 aromatic rings. The van der Waals surface area contributed by atoms with E-state index in [9.17, 15) is 24.6 Å². The maximum atomic E-state index is 12.0. The molecule has 0 atom stereocenters. The van der Waals surface area contributed by atoms with Gasteiger partial charge in [-0.25, -0.2) is 9.13 Å². The van der Waals surface area contributed by atoms with E-state index in [2.05, 4.69) is 83.5 Å². The molecule has 0 radical (unpaired) electrons. The molecule has 57 heavy (non-hydrogen) atoms. The van der Waals surface area contributed by atoms with Crippen LogP contribution in [0.3, 0.4) is 0 Å². The molecular formula is C47H43N4O6+. The Balaban J connectivity index is 1.27. The van der Waals surface area contributed by atoms with Gasteiger partial charge in [0.1, 0.15) is 25.5 Å². The minimum Gasteiger partial charge on any atom is -0.481 e. The van der Waals surface area contributed by atoms with Gasteiger partial charge in [-0.3, -0.25) is 14.4 Å². The fraction of sp³-hybridized carbons (Fsp3) is 0.191. The maximum Gasteiger partial charge on any atom is 0.307 e. The Morgan fingerprint density at radius 2 is 1.18 bits per heavy atom. The number of carbonyl (C=O) groups is 3. The summed E-state index contributed by atoms with van der Waals surface area (Å²) in [5.41, 5.74) is 3.93. The van der Waals surface area contributed by atoms with Gasteiger partial charge in [0, 0.05) is 34.2 Å². The van der Waals surface area contributed by atoms with E-state index in [-0.39, 0.29) is 32.5 Å². The number of aryl methyl sites for hydroxylation is 2. The van der Waals surface area contributed by atoms with Crippen LogP contribution in [0.15, 0.2) is 127 Å². The standard InChI is InChI=1S/C47H42N4O6/c1-2-26-48-40(51(29-30-57-31-52)47-39-21-13-9-17-35(39)32-14-6-10-18-36(32)44(47)48)22-4-3-5-23-41-49(27-24-42(53)54)45-37-19-11-7-15-33(37)34-16-8-12-20-38(34)46(45)50(41)28-25-43(55)56/h3-23,31H,2,24-30H2,1H3,(H-,53,54,55,56)/p+1. The van der Waals surface area contributed by atoms with Crippen molar-refractivity contribution in [2.75, 3.05) is 29.5 Å². The SMILES string of the molecule is CCCN1/C(=C/C=C/C=C/c2n(CCC(=O)O)c3c4ccccc4c4ccccc4c3[n+]2CCC(=O)O)N(CCOC=O)c2c1c1ccccc1c1ccccc21. The quantitative estimate of drug-likeness (QED) is 0.0351. The van der Waals surface area contributed by atoms with Crippen LogP contribution in [-0.4, -0.2) is 52.9 Å². The first kappa shape index (κ1) is 37.0. The fourth-order valence-corrected chi connectivity index (χ4v) is 8.49. The normalized spacial score (nSPS) is 13.7.